The van der Waals surface area contributed by atoms with Gasteiger partial charge in [0.25, 0.3) is 0 Å². The minimum atomic E-state index is -3.40. The van der Waals surface area contributed by atoms with E-state index in [1.807, 2.05) is 11.0 Å². The van der Waals surface area contributed by atoms with Gasteiger partial charge >= 0.3 is 0 Å². The molecule has 1 saturated heterocycles. The second-order valence-corrected chi connectivity index (χ2v) is 8.96. The zero-order valence-electron chi connectivity index (χ0n) is 14.3. The highest BCUT2D eigenvalue weighted by atomic mass is 32.2. The van der Waals surface area contributed by atoms with Gasteiger partial charge in [-0.3, -0.25) is 9.69 Å². The summed E-state index contributed by atoms with van der Waals surface area (Å²) in [5, 5.41) is 0. The summed E-state index contributed by atoms with van der Waals surface area (Å²) in [5.41, 5.74) is 0.986. The van der Waals surface area contributed by atoms with Gasteiger partial charge in [0.1, 0.15) is 0 Å². The Hall–Kier alpha value is -1.44. The number of carbonyl (C=O) groups excluding carboxylic acids is 1. The van der Waals surface area contributed by atoms with E-state index in [0.29, 0.717) is 17.3 Å². The molecule has 132 valence electrons. The lowest BCUT2D eigenvalue weighted by atomic mass is 10.2. The van der Waals surface area contributed by atoms with Crippen molar-refractivity contribution >= 4 is 15.9 Å². The standard InChI is InChI=1S/C17H25N3O3S/c1-18(2)24(22,23)16-5-3-4-14(12-16)13-19-8-10-20(11-9-19)17(21)15-6-7-15/h3-5,12,15H,6-11,13H2,1-2H3. The number of nitrogens with zero attached hydrogens (tertiary/aromatic N) is 3. The number of hydrogen-bond donors (Lipinski definition) is 0. The van der Waals surface area contributed by atoms with Crippen molar-refractivity contribution in [3.63, 3.8) is 0 Å². The number of amides is 1. The van der Waals surface area contributed by atoms with Gasteiger partial charge in [-0.15, -0.1) is 0 Å². The first-order chi connectivity index (χ1) is 11.4. The van der Waals surface area contributed by atoms with Crippen molar-refractivity contribution in [2.24, 2.45) is 5.92 Å². The second-order valence-electron chi connectivity index (χ2n) is 6.81. The van der Waals surface area contributed by atoms with Gasteiger partial charge < -0.3 is 4.90 Å². The van der Waals surface area contributed by atoms with Crippen LogP contribution in [0.3, 0.4) is 0 Å². The molecule has 1 aromatic rings. The first-order valence-corrected chi connectivity index (χ1v) is 9.84. The molecule has 0 N–H and O–H groups in total. The van der Waals surface area contributed by atoms with E-state index in [1.54, 1.807) is 18.2 Å². The Morgan fingerprint density at radius 2 is 1.83 bits per heavy atom. The lowest BCUT2D eigenvalue weighted by Crippen LogP contribution is -2.48. The Kier molecular flexibility index (Phi) is 4.94. The van der Waals surface area contributed by atoms with Crippen LogP contribution >= 0.6 is 0 Å². The third-order valence-corrected chi connectivity index (χ3v) is 6.50. The van der Waals surface area contributed by atoms with Crippen molar-refractivity contribution in [2.75, 3.05) is 40.3 Å². The third kappa shape index (κ3) is 3.79. The highest BCUT2D eigenvalue weighted by Gasteiger charge is 2.34. The molecule has 1 heterocycles. The van der Waals surface area contributed by atoms with Gasteiger partial charge in [-0.2, -0.15) is 0 Å². The van der Waals surface area contributed by atoms with E-state index < -0.39 is 10.0 Å². The lowest BCUT2D eigenvalue weighted by Gasteiger charge is -2.35. The lowest BCUT2D eigenvalue weighted by molar-refractivity contribution is -0.134. The predicted octanol–water partition coefficient (Wildman–Crippen LogP) is 0.991. The van der Waals surface area contributed by atoms with Crippen LogP contribution in [0.5, 0.6) is 0 Å². The fourth-order valence-corrected chi connectivity index (χ4v) is 3.96. The fourth-order valence-electron chi connectivity index (χ4n) is 2.99. The Morgan fingerprint density at radius 3 is 2.42 bits per heavy atom. The van der Waals surface area contributed by atoms with Gasteiger partial charge in [-0.05, 0) is 30.5 Å². The quantitative estimate of drug-likeness (QED) is 0.794. The molecule has 0 bridgehead atoms. The first-order valence-electron chi connectivity index (χ1n) is 8.40. The van der Waals surface area contributed by atoms with Gasteiger partial charge in [0.05, 0.1) is 4.90 Å². The van der Waals surface area contributed by atoms with Crippen LogP contribution < -0.4 is 0 Å². The summed E-state index contributed by atoms with van der Waals surface area (Å²) in [6.45, 7) is 3.92. The van der Waals surface area contributed by atoms with Crippen molar-refractivity contribution in [2.45, 2.75) is 24.3 Å². The van der Waals surface area contributed by atoms with Gasteiger partial charge in [0, 0.05) is 52.7 Å². The molecule has 1 aromatic carbocycles. The summed E-state index contributed by atoms with van der Waals surface area (Å²) in [5.74, 6) is 0.596. The summed E-state index contributed by atoms with van der Waals surface area (Å²) in [7, 11) is -0.321. The Balaban J connectivity index is 1.60. The monoisotopic (exact) mass is 351 g/mol. The maximum atomic E-state index is 12.2. The predicted molar refractivity (Wildman–Crippen MR) is 91.9 cm³/mol. The zero-order valence-corrected chi connectivity index (χ0v) is 15.1. The van der Waals surface area contributed by atoms with Gasteiger partial charge in [0.15, 0.2) is 0 Å². The second kappa shape index (κ2) is 6.82. The smallest absolute Gasteiger partial charge is 0.242 e. The molecule has 3 rings (SSSR count). The zero-order chi connectivity index (χ0) is 17.3. The third-order valence-electron chi connectivity index (χ3n) is 4.69. The molecule has 1 amide bonds. The number of carbonyl (C=O) groups is 1. The number of rotatable bonds is 5. The average Bonchev–Trinajstić information content (AvgIpc) is 3.40. The number of hydrogen-bond acceptors (Lipinski definition) is 4. The number of sulfonamides is 1. The molecule has 0 spiro atoms. The fraction of sp³-hybridized carbons (Fsp3) is 0.588. The summed E-state index contributed by atoms with van der Waals surface area (Å²) in [6.07, 6.45) is 2.10. The molecule has 1 aliphatic carbocycles. The van der Waals surface area contributed by atoms with Crippen LogP contribution in [0, 0.1) is 5.92 Å². The van der Waals surface area contributed by atoms with E-state index in [4.69, 9.17) is 0 Å². The maximum absolute atomic E-state index is 12.2. The Morgan fingerprint density at radius 1 is 1.17 bits per heavy atom. The molecular weight excluding hydrogens is 326 g/mol. The van der Waals surface area contributed by atoms with E-state index in [0.717, 1.165) is 44.6 Å². The Bertz CT molecular complexity index is 706. The molecule has 1 saturated carbocycles. The van der Waals surface area contributed by atoms with Crippen LogP contribution in [0.1, 0.15) is 18.4 Å². The summed E-state index contributed by atoms with van der Waals surface area (Å²) in [4.78, 5) is 16.7. The van der Waals surface area contributed by atoms with Crippen molar-refractivity contribution in [1.29, 1.82) is 0 Å². The van der Waals surface area contributed by atoms with Crippen molar-refractivity contribution in [3.05, 3.63) is 29.8 Å². The van der Waals surface area contributed by atoms with Crippen LogP contribution in [-0.2, 0) is 21.4 Å². The highest BCUT2D eigenvalue weighted by Crippen LogP contribution is 2.31. The van der Waals surface area contributed by atoms with Crippen LogP contribution in [-0.4, -0.2) is 68.7 Å². The first kappa shape index (κ1) is 17.4. The molecule has 2 aliphatic rings. The largest absolute Gasteiger partial charge is 0.340 e. The van der Waals surface area contributed by atoms with Crippen LogP contribution in [0.2, 0.25) is 0 Å². The summed E-state index contributed by atoms with van der Waals surface area (Å²) in [6, 6.07) is 7.12. The van der Waals surface area contributed by atoms with E-state index in [-0.39, 0.29) is 5.92 Å². The van der Waals surface area contributed by atoms with Crippen LogP contribution in [0.15, 0.2) is 29.2 Å². The van der Waals surface area contributed by atoms with Gasteiger partial charge in [0.2, 0.25) is 15.9 Å². The molecule has 0 unspecified atom stereocenters. The summed E-state index contributed by atoms with van der Waals surface area (Å²) >= 11 is 0. The molecule has 6 nitrogen and oxygen atoms in total. The van der Waals surface area contributed by atoms with Gasteiger partial charge in [-0.1, -0.05) is 12.1 Å². The highest BCUT2D eigenvalue weighted by molar-refractivity contribution is 7.89. The van der Waals surface area contributed by atoms with Crippen molar-refractivity contribution in [1.82, 2.24) is 14.1 Å². The molecule has 24 heavy (non-hydrogen) atoms. The van der Waals surface area contributed by atoms with E-state index in [2.05, 4.69) is 4.90 Å². The van der Waals surface area contributed by atoms with Gasteiger partial charge in [-0.25, -0.2) is 12.7 Å². The molecule has 0 radical (unpaired) electrons. The van der Waals surface area contributed by atoms with E-state index in [9.17, 15) is 13.2 Å². The normalized spacial score (nSPS) is 19.7. The van der Waals surface area contributed by atoms with Crippen LogP contribution in [0.4, 0.5) is 0 Å². The molecular formula is C17H25N3O3S. The SMILES string of the molecule is CN(C)S(=O)(=O)c1cccc(CN2CCN(C(=O)C3CC3)CC2)c1. The molecule has 0 atom stereocenters. The molecule has 7 heteroatoms. The maximum Gasteiger partial charge on any atom is 0.242 e. The minimum absolute atomic E-state index is 0.282. The molecule has 2 fully saturated rings. The van der Waals surface area contributed by atoms with Crippen molar-refractivity contribution < 1.29 is 13.2 Å². The molecule has 0 aromatic heterocycles. The summed E-state index contributed by atoms with van der Waals surface area (Å²) < 4.78 is 25.7. The topological polar surface area (TPSA) is 60.9 Å². The number of benzene rings is 1. The van der Waals surface area contributed by atoms with E-state index >= 15 is 0 Å². The van der Waals surface area contributed by atoms with E-state index in [1.165, 1.54) is 18.4 Å². The van der Waals surface area contributed by atoms with Crippen molar-refractivity contribution in [3.8, 4) is 0 Å². The van der Waals surface area contributed by atoms with Crippen LogP contribution in [0.25, 0.3) is 0 Å². The average molecular weight is 351 g/mol. The Labute approximate surface area is 144 Å². The number of piperazine rings is 1. The molecule has 1 aliphatic heterocycles. The minimum Gasteiger partial charge on any atom is -0.340 e.